The summed E-state index contributed by atoms with van der Waals surface area (Å²) in [6.45, 7) is 15.2. The average Bonchev–Trinajstić information content (AvgIpc) is 2.90. The first-order chi connectivity index (χ1) is 18.9. The molecule has 3 rings (SSSR count). The van der Waals surface area contributed by atoms with E-state index in [1.165, 1.54) is 4.90 Å². The molecule has 218 valence electrons. The third-order valence-electron chi connectivity index (χ3n) is 7.03. The number of para-hydroxylation sites is 1. The molecular formula is C31H44N4O5. The first kappa shape index (κ1) is 30.9. The van der Waals surface area contributed by atoms with Crippen molar-refractivity contribution in [1.29, 1.82) is 0 Å². The minimum absolute atomic E-state index is 0.258. The summed E-state index contributed by atoms with van der Waals surface area (Å²) in [4.78, 5) is 43.3. The monoisotopic (exact) mass is 552 g/mol. The number of hydrogen-bond acceptors (Lipinski definition) is 6. The maximum Gasteiger partial charge on any atom is 0.411 e. The Morgan fingerprint density at radius 3 is 2.30 bits per heavy atom. The van der Waals surface area contributed by atoms with Gasteiger partial charge in [0.2, 0.25) is 5.91 Å². The fraction of sp³-hybridized carbons (Fsp3) is 0.516. The molecule has 1 unspecified atom stereocenters. The van der Waals surface area contributed by atoms with Crippen molar-refractivity contribution in [1.82, 2.24) is 20.4 Å². The number of nitrogens with one attached hydrogen (secondary N) is 2. The molecule has 9 heteroatoms. The zero-order chi connectivity index (χ0) is 29.4. The minimum Gasteiger partial charge on any atom is -0.457 e. The lowest BCUT2D eigenvalue weighted by atomic mass is 9.92. The number of carbonyl (C=O) groups excluding carboxylic acids is 3. The number of ether oxygens (including phenoxy) is 2. The number of benzene rings is 2. The molecule has 1 heterocycles. The van der Waals surface area contributed by atoms with Crippen LogP contribution < -0.4 is 15.4 Å². The smallest absolute Gasteiger partial charge is 0.411 e. The number of likely N-dealkylation sites (N-methyl/N-ethyl adjacent to an activating group) is 1. The molecule has 0 radical (unpaired) electrons. The molecule has 2 aromatic carbocycles. The van der Waals surface area contributed by atoms with Crippen LogP contribution in [0.2, 0.25) is 0 Å². The van der Waals surface area contributed by atoms with E-state index in [1.54, 1.807) is 26.8 Å². The number of amides is 3. The maximum absolute atomic E-state index is 13.7. The van der Waals surface area contributed by atoms with Crippen molar-refractivity contribution in [3.8, 4) is 11.5 Å². The van der Waals surface area contributed by atoms with Crippen LogP contribution in [-0.2, 0) is 20.7 Å². The first-order valence-corrected chi connectivity index (χ1v) is 14.1. The van der Waals surface area contributed by atoms with Gasteiger partial charge in [-0.05, 0) is 90.3 Å². The summed E-state index contributed by atoms with van der Waals surface area (Å²) < 4.78 is 11.7. The third-order valence-corrected chi connectivity index (χ3v) is 7.03. The van der Waals surface area contributed by atoms with Gasteiger partial charge in [-0.1, -0.05) is 24.3 Å². The largest absolute Gasteiger partial charge is 0.457 e. The lowest BCUT2D eigenvalue weighted by Gasteiger charge is -2.38. The summed E-state index contributed by atoms with van der Waals surface area (Å²) in [6, 6.07) is 14.8. The molecule has 3 amide bonds. The Labute approximate surface area is 238 Å². The summed E-state index contributed by atoms with van der Waals surface area (Å²) in [7, 11) is 0. The molecule has 1 aliphatic heterocycles. The van der Waals surface area contributed by atoms with Crippen LogP contribution in [0.15, 0.2) is 48.5 Å². The van der Waals surface area contributed by atoms with E-state index in [-0.39, 0.29) is 12.5 Å². The zero-order valence-electron chi connectivity index (χ0n) is 24.8. The summed E-state index contributed by atoms with van der Waals surface area (Å²) in [5.41, 5.74) is 0.240. The van der Waals surface area contributed by atoms with Crippen LogP contribution in [0, 0.1) is 0 Å². The Bertz CT molecular complexity index is 1160. The van der Waals surface area contributed by atoms with Gasteiger partial charge in [0.05, 0.1) is 0 Å². The van der Waals surface area contributed by atoms with E-state index < -0.39 is 23.6 Å². The summed E-state index contributed by atoms with van der Waals surface area (Å²) in [5.74, 6) is 0.678. The average molecular weight is 553 g/mol. The van der Waals surface area contributed by atoms with E-state index >= 15 is 0 Å². The molecule has 1 aliphatic rings. The Kier molecular flexibility index (Phi) is 10.6. The second-order valence-electron chi connectivity index (χ2n) is 11.1. The lowest BCUT2D eigenvalue weighted by Crippen LogP contribution is -2.52. The molecule has 1 atom stereocenters. The number of carbonyl (C=O) groups is 3. The van der Waals surface area contributed by atoms with E-state index in [2.05, 4.69) is 43.2 Å². The molecule has 2 aromatic rings. The van der Waals surface area contributed by atoms with Crippen molar-refractivity contribution in [3.63, 3.8) is 0 Å². The van der Waals surface area contributed by atoms with E-state index in [9.17, 15) is 14.4 Å². The van der Waals surface area contributed by atoms with Gasteiger partial charge in [-0.3, -0.25) is 19.4 Å². The Morgan fingerprint density at radius 1 is 1.00 bits per heavy atom. The third kappa shape index (κ3) is 7.75. The predicted molar refractivity (Wildman–Crippen MR) is 155 cm³/mol. The second-order valence-corrected chi connectivity index (χ2v) is 11.1. The molecule has 0 fully saturated rings. The van der Waals surface area contributed by atoms with Crippen molar-refractivity contribution < 1.29 is 23.9 Å². The van der Waals surface area contributed by atoms with Crippen LogP contribution in [-0.4, -0.2) is 71.6 Å². The molecular weight excluding hydrogens is 508 g/mol. The van der Waals surface area contributed by atoms with Crippen LogP contribution in [0.3, 0.4) is 0 Å². The molecule has 9 nitrogen and oxygen atoms in total. The highest BCUT2D eigenvalue weighted by molar-refractivity contribution is 5.90. The fourth-order valence-corrected chi connectivity index (χ4v) is 4.99. The Hall–Kier alpha value is -3.59. The molecule has 40 heavy (non-hydrogen) atoms. The van der Waals surface area contributed by atoms with Gasteiger partial charge in [0.1, 0.15) is 17.5 Å². The number of hydrogen-bond donors (Lipinski definition) is 2. The molecule has 0 bridgehead atoms. The fourth-order valence-electron chi connectivity index (χ4n) is 4.99. The SMILES string of the molecule is CCNC(=O)C(C)(C)OC(=O)N1CCc2cc(Oc3ccccc3)ccc2C1C(=O)NCCN(C(C)C)C(C)C. The van der Waals surface area contributed by atoms with Crippen LogP contribution >= 0.6 is 0 Å². The highest BCUT2D eigenvalue weighted by Crippen LogP contribution is 2.34. The van der Waals surface area contributed by atoms with Crippen LogP contribution in [0.25, 0.3) is 0 Å². The maximum atomic E-state index is 13.7. The van der Waals surface area contributed by atoms with Crippen LogP contribution in [0.1, 0.15) is 65.6 Å². The topological polar surface area (TPSA) is 100 Å². The highest BCUT2D eigenvalue weighted by Gasteiger charge is 2.40. The van der Waals surface area contributed by atoms with Crippen LogP contribution in [0.4, 0.5) is 4.79 Å². The zero-order valence-corrected chi connectivity index (χ0v) is 24.8. The van der Waals surface area contributed by atoms with Crippen molar-refractivity contribution in [2.45, 2.75) is 78.6 Å². The number of nitrogens with zero attached hydrogens (tertiary/aromatic N) is 2. The van der Waals surface area contributed by atoms with Crippen molar-refractivity contribution in [2.24, 2.45) is 0 Å². The van der Waals surface area contributed by atoms with Crippen molar-refractivity contribution in [2.75, 3.05) is 26.2 Å². The van der Waals surface area contributed by atoms with Gasteiger partial charge in [-0.25, -0.2) is 4.79 Å². The van der Waals surface area contributed by atoms with E-state index in [0.717, 1.165) is 5.56 Å². The van der Waals surface area contributed by atoms with Gasteiger partial charge in [-0.15, -0.1) is 0 Å². The summed E-state index contributed by atoms with van der Waals surface area (Å²) in [5, 5.41) is 5.73. The molecule has 2 N–H and O–H groups in total. The van der Waals surface area contributed by atoms with Gasteiger partial charge >= 0.3 is 6.09 Å². The molecule has 0 aromatic heterocycles. The summed E-state index contributed by atoms with van der Waals surface area (Å²) >= 11 is 0. The van der Waals surface area contributed by atoms with Crippen molar-refractivity contribution >= 4 is 17.9 Å². The molecule has 0 spiro atoms. The molecule has 0 aliphatic carbocycles. The lowest BCUT2D eigenvalue weighted by molar-refractivity contribution is -0.138. The van der Waals surface area contributed by atoms with Gasteiger partial charge in [0.15, 0.2) is 5.60 Å². The predicted octanol–water partition coefficient (Wildman–Crippen LogP) is 4.66. The highest BCUT2D eigenvalue weighted by atomic mass is 16.6. The Balaban J connectivity index is 1.86. The van der Waals surface area contributed by atoms with E-state index in [4.69, 9.17) is 9.47 Å². The standard InChI is InChI=1S/C31H44N4O5/c1-8-32-29(37)31(6,7)40-30(38)35-18-16-23-20-25(39-24-12-10-9-11-13-24)14-15-26(23)27(35)28(36)33-17-19-34(21(2)3)22(4)5/h9-15,20-22,27H,8,16-19H2,1-7H3,(H,32,37)(H,33,36). The molecule has 0 saturated carbocycles. The molecule has 0 saturated heterocycles. The van der Waals surface area contributed by atoms with Gasteiger partial charge < -0.3 is 20.1 Å². The van der Waals surface area contributed by atoms with Crippen LogP contribution in [0.5, 0.6) is 11.5 Å². The number of rotatable bonds is 11. The minimum atomic E-state index is -1.39. The normalized spacial score (nSPS) is 15.2. The quantitative estimate of drug-likeness (QED) is 0.421. The number of fused-ring (bicyclic) bond motifs is 1. The first-order valence-electron chi connectivity index (χ1n) is 14.1. The van der Waals surface area contributed by atoms with Gasteiger partial charge in [0, 0.05) is 38.3 Å². The van der Waals surface area contributed by atoms with Gasteiger partial charge in [0.25, 0.3) is 5.91 Å². The Morgan fingerprint density at radius 2 is 1.68 bits per heavy atom. The van der Waals surface area contributed by atoms with E-state index in [1.807, 2.05) is 42.5 Å². The van der Waals surface area contributed by atoms with Crippen molar-refractivity contribution in [3.05, 3.63) is 59.7 Å². The van der Waals surface area contributed by atoms with Gasteiger partial charge in [-0.2, -0.15) is 0 Å². The second kappa shape index (κ2) is 13.7. The van der Waals surface area contributed by atoms with E-state index in [0.29, 0.717) is 55.2 Å². The summed E-state index contributed by atoms with van der Waals surface area (Å²) in [6.07, 6.45) is -0.200.